The van der Waals surface area contributed by atoms with Crippen molar-refractivity contribution in [2.45, 2.75) is 31.2 Å². The molecule has 0 saturated carbocycles. The fourth-order valence-corrected chi connectivity index (χ4v) is 4.59. The summed E-state index contributed by atoms with van der Waals surface area (Å²) in [7, 11) is -3.79. The van der Waals surface area contributed by atoms with Gasteiger partial charge < -0.3 is 9.42 Å². The lowest BCUT2D eigenvalue weighted by Gasteiger charge is -2.28. The maximum atomic E-state index is 12.7. The van der Waals surface area contributed by atoms with Crippen molar-refractivity contribution in [2.75, 3.05) is 11.4 Å². The van der Waals surface area contributed by atoms with Crippen molar-refractivity contribution in [2.24, 2.45) is 0 Å². The molecule has 2 aromatic carbocycles. The molecule has 0 bridgehead atoms. The topological polar surface area (TPSA) is 105 Å². The third-order valence-electron chi connectivity index (χ3n) is 4.82. The summed E-state index contributed by atoms with van der Waals surface area (Å²) in [6, 6.07) is 11.7. The van der Waals surface area contributed by atoms with Crippen LogP contribution in [0.1, 0.15) is 24.8 Å². The Bertz CT molecular complexity index is 1210. The first-order valence-electron chi connectivity index (χ1n) is 9.33. The average molecular weight is 447 g/mol. The van der Waals surface area contributed by atoms with Crippen molar-refractivity contribution in [3.05, 3.63) is 58.9 Å². The molecule has 3 aromatic rings. The highest BCUT2D eigenvalue weighted by Gasteiger charge is 2.23. The third kappa shape index (κ3) is 4.23. The molecule has 8 nitrogen and oxygen atoms in total. The fourth-order valence-electron chi connectivity index (χ4n) is 3.38. The number of nitrogens with zero attached hydrogens (tertiary/aromatic N) is 3. The molecule has 0 radical (unpaired) electrons. The minimum Gasteiger partial charge on any atom is -0.338 e. The molecule has 1 amide bonds. The number of hydrogen-bond acceptors (Lipinski definition) is 6. The Morgan fingerprint density at radius 1 is 1.27 bits per heavy atom. The van der Waals surface area contributed by atoms with Gasteiger partial charge in [-0.1, -0.05) is 28.9 Å². The van der Waals surface area contributed by atoms with Crippen molar-refractivity contribution in [1.29, 1.82) is 0 Å². The highest BCUT2D eigenvalue weighted by molar-refractivity contribution is 7.89. The second kappa shape index (κ2) is 8.17. The predicted molar refractivity (Wildman–Crippen MR) is 112 cm³/mol. The number of amides is 1. The van der Waals surface area contributed by atoms with Crippen LogP contribution in [0, 0.1) is 0 Å². The summed E-state index contributed by atoms with van der Waals surface area (Å²) in [6.07, 6.45) is 1.51. The molecule has 1 aromatic heterocycles. The van der Waals surface area contributed by atoms with Crippen LogP contribution in [0.5, 0.6) is 0 Å². The largest absolute Gasteiger partial charge is 0.338 e. The summed E-state index contributed by atoms with van der Waals surface area (Å²) in [4.78, 5) is 17.8. The van der Waals surface area contributed by atoms with Gasteiger partial charge in [0.25, 0.3) is 0 Å². The lowest BCUT2D eigenvalue weighted by molar-refractivity contribution is -0.116. The van der Waals surface area contributed by atoms with Crippen LogP contribution in [0.3, 0.4) is 0 Å². The SMILES string of the molecule is CC(=O)N1CCCc2cc(S(=O)(=O)NCc3nc(-c4cccc(Cl)c4)no3)ccc21. The van der Waals surface area contributed by atoms with Gasteiger partial charge in [-0.05, 0) is 48.7 Å². The van der Waals surface area contributed by atoms with Gasteiger partial charge in [0.15, 0.2) is 0 Å². The summed E-state index contributed by atoms with van der Waals surface area (Å²) in [5.74, 6) is 0.399. The van der Waals surface area contributed by atoms with E-state index in [1.807, 2.05) is 0 Å². The number of aryl methyl sites for hydroxylation is 1. The van der Waals surface area contributed by atoms with Crippen LogP contribution in [0.2, 0.25) is 5.02 Å². The zero-order valence-electron chi connectivity index (χ0n) is 16.1. The zero-order valence-corrected chi connectivity index (χ0v) is 17.7. The number of aromatic nitrogens is 2. The highest BCUT2D eigenvalue weighted by Crippen LogP contribution is 2.29. The van der Waals surface area contributed by atoms with E-state index in [4.69, 9.17) is 16.1 Å². The van der Waals surface area contributed by atoms with E-state index in [0.29, 0.717) is 23.0 Å². The van der Waals surface area contributed by atoms with E-state index in [-0.39, 0.29) is 23.2 Å². The van der Waals surface area contributed by atoms with Crippen molar-refractivity contribution in [3.8, 4) is 11.4 Å². The lowest BCUT2D eigenvalue weighted by atomic mass is 10.0. The maximum absolute atomic E-state index is 12.7. The van der Waals surface area contributed by atoms with Crippen molar-refractivity contribution in [1.82, 2.24) is 14.9 Å². The van der Waals surface area contributed by atoms with Crippen LogP contribution in [-0.2, 0) is 27.8 Å². The van der Waals surface area contributed by atoms with E-state index < -0.39 is 10.0 Å². The minimum atomic E-state index is -3.79. The molecule has 0 aliphatic carbocycles. The van der Waals surface area contributed by atoms with Crippen LogP contribution in [0.4, 0.5) is 5.69 Å². The van der Waals surface area contributed by atoms with Crippen LogP contribution >= 0.6 is 11.6 Å². The third-order valence-corrected chi connectivity index (χ3v) is 6.46. The van der Waals surface area contributed by atoms with Gasteiger partial charge in [-0.15, -0.1) is 0 Å². The number of anilines is 1. The molecule has 0 saturated heterocycles. The molecule has 10 heteroatoms. The molecule has 0 atom stereocenters. The number of nitrogens with one attached hydrogen (secondary N) is 1. The number of carbonyl (C=O) groups excluding carboxylic acids is 1. The molecule has 1 aliphatic rings. The van der Waals surface area contributed by atoms with Crippen LogP contribution < -0.4 is 9.62 Å². The molecule has 156 valence electrons. The van der Waals surface area contributed by atoms with Gasteiger partial charge >= 0.3 is 0 Å². The molecule has 0 spiro atoms. The van der Waals surface area contributed by atoms with Gasteiger partial charge in [0.2, 0.25) is 27.6 Å². The smallest absolute Gasteiger partial charge is 0.242 e. The van der Waals surface area contributed by atoms with Crippen molar-refractivity contribution < 1.29 is 17.7 Å². The molecule has 30 heavy (non-hydrogen) atoms. The quantitative estimate of drug-likeness (QED) is 0.645. The average Bonchev–Trinajstić information content (AvgIpc) is 3.20. The highest BCUT2D eigenvalue weighted by atomic mass is 35.5. The molecular formula is C20H19ClN4O4S. The van der Waals surface area contributed by atoms with Gasteiger partial charge in [-0.2, -0.15) is 4.98 Å². The second-order valence-electron chi connectivity index (χ2n) is 6.91. The normalized spacial score (nSPS) is 13.9. The molecular weight excluding hydrogens is 428 g/mol. The van der Waals surface area contributed by atoms with Crippen LogP contribution in [-0.4, -0.2) is 31.0 Å². The summed E-state index contributed by atoms with van der Waals surface area (Å²) < 4.78 is 33.1. The second-order valence-corrected chi connectivity index (χ2v) is 9.11. The summed E-state index contributed by atoms with van der Waals surface area (Å²) in [6.45, 7) is 1.99. The summed E-state index contributed by atoms with van der Waals surface area (Å²) in [5.41, 5.74) is 2.26. The molecule has 1 aliphatic heterocycles. The Morgan fingerprint density at radius 3 is 2.87 bits per heavy atom. The Morgan fingerprint density at radius 2 is 2.10 bits per heavy atom. The van der Waals surface area contributed by atoms with E-state index in [1.54, 1.807) is 41.3 Å². The maximum Gasteiger partial charge on any atom is 0.242 e. The van der Waals surface area contributed by atoms with Crippen molar-refractivity contribution in [3.63, 3.8) is 0 Å². The van der Waals surface area contributed by atoms with E-state index in [2.05, 4.69) is 14.9 Å². The van der Waals surface area contributed by atoms with E-state index in [0.717, 1.165) is 24.1 Å². The zero-order chi connectivity index (χ0) is 21.3. The molecule has 2 heterocycles. The first-order chi connectivity index (χ1) is 14.3. The van der Waals surface area contributed by atoms with Crippen molar-refractivity contribution >= 4 is 33.2 Å². The number of sulfonamides is 1. The standard InChI is InChI=1S/C20H19ClN4O4S/c1-13(26)25-9-3-5-14-11-17(7-8-18(14)25)30(27,28)22-12-19-23-20(24-29-19)15-4-2-6-16(21)10-15/h2,4,6-8,10-11,22H,3,5,9,12H2,1H3. The number of halogens is 1. The molecule has 4 rings (SSSR count). The van der Waals surface area contributed by atoms with Crippen LogP contribution in [0.25, 0.3) is 11.4 Å². The van der Waals surface area contributed by atoms with Gasteiger partial charge in [-0.3, -0.25) is 4.79 Å². The van der Waals surface area contributed by atoms with Gasteiger partial charge in [0.05, 0.1) is 11.4 Å². The Labute approximate surface area is 178 Å². The minimum absolute atomic E-state index is 0.0587. The van der Waals surface area contributed by atoms with Gasteiger partial charge in [0, 0.05) is 29.7 Å². The Kier molecular flexibility index (Phi) is 5.59. The summed E-state index contributed by atoms with van der Waals surface area (Å²) in [5, 5.41) is 4.40. The number of hydrogen-bond donors (Lipinski definition) is 1. The number of carbonyl (C=O) groups is 1. The van der Waals surface area contributed by atoms with E-state index in [1.165, 1.54) is 13.0 Å². The Balaban J connectivity index is 1.50. The van der Waals surface area contributed by atoms with Gasteiger partial charge in [0.1, 0.15) is 0 Å². The number of fused-ring (bicyclic) bond motifs is 1. The lowest BCUT2D eigenvalue weighted by Crippen LogP contribution is -2.33. The summed E-state index contributed by atoms with van der Waals surface area (Å²) >= 11 is 5.97. The van der Waals surface area contributed by atoms with Gasteiger partial charge in [-0.25, -0.2) is 13.1 Å². The Hall–Kier alpha value is -2.75. The number of benzene rings is 2. The first kappa shape index (κ1) is 20.5. The fraction of sp³-hybridized carbons (Fsp3) is 0.250. The molecule has 0 unspecified atom stereocenters. The molecule has 1 N–H and O–H groups in total. The molecule has 0 fully saturated rings. The van der Waals surface area contributed by atoms with E-state index >= 15 is 0 Å². The van der Waals surface area contributed by atoms with E-state index in [9.17, 15) is 13.2 Å². The first-order valence-corrected chi connectivity index (χ1v) is 11.2. The monoisotopic (exact) mass is 446 g/mol. The predicted octanol–water partition coefficient (Wildman–Crippen LogP) is 3.17. The number of rotatable bonds is 5. The van der Waals surface area contributed by atoms with Crippen LogP contribution in [0.15, 0.2) is 51.9 Å².